The highest BCUT2D eigenvalue weighted by molar-refractivity contribution is 9.10. The molecule has 0 saturated heterocycles. The Morgan fingerprint density at radius 3 is 2.30 bits per heavy atom. The summed E-state index contributed by atoms with van der Waals surface area (Å²) in [5, 5.41) is 0. The van der Waals surface area contributed by atoms with Gasteiger partial charge in [0.15, 0.2) is 0 Å². The van der Waals surface area contributed by atoms with Gasteiger partial charge in [-0.25, -0.2) is 0 Å². The maximum absolute atomic E-state index is 4.08. The summed E-state index contributed by atoms with van der Waals surface area (Å²) in [6.07, 6.45) is 13.2. The zero-order valence-corrected chi connectivity index (χ0v) is 18.3. The second-order valence-corrected chi connectivity index (χ2v) is 12.3. The lowest BCUT2D eigenvalue weighted by Crippen LogP contribution is -2.56. The van der Waals surface area contributed by atoms with Gasteiger partial charge in [0.05, 0.1) is 0 Å². The van der Waals surface area contributed by atoms with Crippen LogP contribution in [0, 0.1) is 40.4 Å². The van der Waals surface area contributed by atoms with E-state index in [2.05, 4.69) is 52.6 Å². The van der Waals surface area contributed by atoms with Crippen molar-refractivity contribution in [2.24, 2.45) is 40.4 Å². The van der Waals surface area contributed by atoms with Gasteiger partial charge in [0.2, 0.25) is 0 Å². The molecule has 3 unspecified atom stereocenters. The van der Waals surface area contributed by atoms with Crippen molar-refractivity contribution in [3.8, 4) is 0 Å². The van der Waals surface area contributed by atoms with Gasteiger partial charge in [0.25, 0.3) is 0 Å². The van der Waals surface area contributed by atoms with Crippen molar-refractivity contribution in [3.63, 3.8) is 0 Å². The molecule has 132 valence electrons. The second kappa shape index (κ2) is 6.00. The fourth-order valence-corrected chi connectivity index (χ4v) is 11.1. The maximum Gasteiger partial charge on any atom is 0.0190 e. The normalized spacial score (nSPS) is 59.1. The molecule has 4 saturated carbocycles. The molecule has 23 heavy (non-hydrogen) atoms. The molecule has 0 aliphatic heterocycles. The highest BCUT2D eigenvalue weighted by atomic mass is 79.9. The van der Waals surface area contributed by atoms with E-state index in [9.17, 15) is 0 Å². The Hall–Kier alpha value is 0.960. The molecule has 0 bridgehead atoms. The van der Waals surface area contributed by atoms with Gasteiger partial charge in [-0.15, -0.1) is 0 Å². The monoisotopic (exact) mass is 444 g/mol. The van der Waals surface area contributed by atoms with Crippen LogP contribution in [0.1, 0.15) is 78.6 Å². The highest BCUT2D eigenvalue weighted by Gasteiger charge is 2.60. The largest absolute Gasteiger partial charge is 0.0890 e. The van der Waals surface area contributed by atoms with Crippen molar-refractivity contribution >= 4 is 31.9 Å². The van der Waals surface area contributed by atoms with Crippen molar-refractivity contribution < 1.29 is 0 Å². The molecule has 0 nitrogen and oxygen atoms in total. The van der Waals surface area contributed by atoms with Crippen LogP contribution in [0.2, 0.25) is 0 Å². The summed E-state index contributed by atoms with van der Waals surface area (Å²) in [6, 6.07) is 0. The fourth-order valence-electron chi connectivity index (χ4n) is 8.13. The van der Waals surface area contributed by atoms with E-state index in [1.807, 2.05) is 0 Å². The molecule has 4 rings (SSSR count). The molecule has 4 fully saturated rings. The summed E-state index contributed by atoms with van der Waals surface area (Å²) in [5.41, 5.74) is 1.25. The van der Waals surface area contributed by atoms with E-state index in [1.54, 1.807) is 0 Å². The van der Waals surface area contributed by atoms with Crippen molar-refractivity contribution in [2.45, 2.75) is 88.2 Å². The first-order valence-electron chi connectivity index (χ1n) is 10.2. The minimum atomic E-state index is 0.579. The van der Waals surface area contributed by atoms with Crippen LogP contribution in [0.3, 0.4) is 0 Å². The van der Waals surface area contributed by atoms with Gasteiger partial charge < -0.3 is 0 Å². The van der Waals surface area contributed by atoms with Gasteiger partial charge >= 0.3 is 0 Å². The molecular formula is C21H34Br2. The van der Waals surface area contributed by atoms with Gasteiger partial charge in [-0.1, -0.05) is 59.1 Å². The first kappa shape index (κ1) is 17.4. The lowest BCUT2D eigenvalue weighted by atomic mass is 9.45. The molecular weight excluding hydrogens is 412 g/mol. The Kier molecular flexibility index (Phi) is 4.53. The average molecular weight is 446 g/mol. The van der Waals surface area contributed by atoms with Crippen LogP contribution < -0.4 is 0 Å². The molecule has 0 N–H and O–H groups in total. The van der Waals surface area contributed by atoms with Gasteiger partial charge in [0, 0.05) is 9.65 Å². The van der Waals surface area contributed by atoms with Crippen LogP contribution in [0.4, 0.5) is 0 Å². The molecule has 0 amide bonds. The van der Waals surface area contributed by atoms with E-state index < -0.39 is 0 Å². The van der Waals surface area contributed by atoms with Crippen LogP contribution in [-0.4, -0.2) is 9.65 Å². The Morgan fingerprint density at radius 2 is 1.57 bits per heavy atom. The zero-order valence-electron chi connectivity index (χ0n) is 15.2. The third-order valence-corrected chi connectivity index (χ3v) is 10.9. The quantitative estimate of drug-likeness (QED) is 0.374. The molecule has 0 heterocycles. The average Bonchev–Trinajstić information content (AvgIpc) is 2.82. The first-order valence-corrected chi connectivity index (χ1v) is 12.0. The molecule has 0 aromatic heterocycles. The predicted molar refractivity (Wildman–Crippen MR) is 106 cm³/mol. The Morgan fingerprint density at radius 1 is 0.870 bits per heavy atom. The summed E-state index contributed by atoms with van der Waals surface area (Å²) < 4.78 is 0. The lowest BCUT2D eigenvalue weighted by molar-refractivity contribution is -0.107. The molecule has 0 spiro atoms. The van der Waals surface area contributed by atoms with Gasteiger partial charge in [-0.3, -0.25) is 0 Å². The molecule has 9 atom stereocenters. The van der Waals surface area contributed by atoms with Crippen LogP contribution in [-0.2, 0) is 0 Å². The Bertz CT molecular complexity index is 463. The molecule has 0 radical (unpaired) electrons. The Labute approximate surface area is 160 Å². The number of halogens is 2. The summed E-state index contributed by atoms with van der Waals surface area (Å²) in [4.78, 5) is 1.47. The standard InChI is InChI=1S/C21H34Br2/c1-4-13-5-7-16-15-6-8-18-19(23)11-14(22)12-21(18,3)17(15)9-10-20(13,16)2/h13-19H,4-12H2,1-3H3/t13-,14?,15-,16-,17-,18?,19?,20+,21+/m0/s1. The van der Waals surface area contributed by atoms with Crippen LogP contribution in [0.5, 0.6) is 0 Å². The minimum Gasteiger partial charge on any atom is -0.0890 e. The van der Waals surface area contributed by atoms with E-state index >= 15 is 0 Å². The van der Waals surface area contributed by atoms with Crippen LogP contribution >= 0.6 is 31.9 Å². The topological polar surface area (TPSA) is 0 Å². The number of rotatable bonds is 1. The Balaban J connectivity index is 1.64. The molecule has 4 aliphatic rings. The smallest absolute Gasteiger partial charge is 0.0190 e. The fraction of sp³-hybridized carbons (Fsp3) is 1.00. The van der Waals surface area contributed by atoms with E-state index in [-0.39, 0.29) is 0 Å². The van der Waals surface area contributed by atoms with E-state index in [4.69, 9.17) is 0 Å². The predicted octanol–water partition coefficient (Wildman–Crippen LogP) is 7.19. The highest BCUT2D eigenvalue weighted by Crippen LogP contribution is 2.68. The van der Waals surface area contributed by atoms with E-state index in [0.717, 1.165) is 39.2 Å². The lowest BCUT2D eigenvalue weighted by Gasteiger charge is -2.62. The molecule has 2 heteroatoms. The summed E-state index contributed by atoms with van der Waals surface area (Å²) >= 11 is 8.08. The SMILES string of the molecule is CC[C@H]1CC[C@H]2[C@@H]3CCC4C(Br)CC(Br)C[C@]4(C)[C@H]3CC[C@]12C. The third kappa shape index (κ3) is 2.47. The number of fused-ring (bicyclic) bond motifs is 5. The van der Waals surface area contributed by atoms with Crippen molar-refractivity contribution in [1.29, 1.82) is 0 Å². The number of hydrogen-bond acceptors (Lipinski definition) is 0. The van der Waals surface area contributed by atoms with Crippen molar-refractivity contribution in [1.82, 2.24) is 0 Å². The third-order valence-electron chi connectivity index (χ3n) is 9.21. The van der Waals surface area contributed by atoms with Gasteiger partial charge in [-0.2, -0.15) is 0 Å². The zero-order chi connectivity index (χ0) is 16.4. The summed E-state index contributed by atoms with van der Waals surface area (Å²) in [7, 11) is 0. The molecule has 0 aromatic carbocycles. The number of hydrogen-bond donors (Lipinski definition) is 0. The van der Waals surface area contributed by atoms with Crippen LogP contribution in [0.15, 0.2) is 0 Å². The first-order chi connectivity index (χ1) is 10.9. The van der Waals surface area contributed by atoms with Crippen molar-refractivity contribution in [2.75, 3.05) is 0 Å². The van der Waals surface area contributed by atoms with Gasteiger partial charge in [0.1, 0.15) is 0 Å². The number of alkyl halides is 2. The maximum atomic E-state index is 4.08. The van der Waals surface area contributed by atoms with E-state index in [0.29, 0.717) is 10.8 Å². The second-order valence-electron chi connectivity index (χ2n) is 9.85. The summed E-state index contributed by atoms with van der Waals surface area (Å²) in [5.74, 6) is 5.00. The molecule has 4 aliphatic carbocycles. The summed E-state index contributed by atoms with van der Waals surface area (Å²) in [6.45, 7) is 7.78. The molecule has 0 aromatic rings. The van der Waals surface area contributed by atoms with Gasteiger partial charge in [-0.05, 0) is 91.8 Å². The minimum absolute atomic E-state index is 0.579. The van der Waals surface area contributed by atoms with Crippen LogP contribution in [0.25, 0.3) is 0 Å². The van der Waals surface area contributed by atoms with Crippen molar-refractivity contribution in [3.05, 3.63) is 0 Å². The van der Waals surface area contributed by atoms with E-state index in [1.165, 1.54) is 57.8 Å².